The van der Waals surface area contributed by atoms with E-state index < -0.39 is 6.10 Å². The van der Waals surface area contributed by atoms with E-state index in [9.17, 15) is 5.11 Å². The molecule has 1 saturated carbocycles. The molecule has 0 spiro atoms. The van der Waals surface area contributed by atoms with Crippen molar-refractivity contribution in [1.82, 2.24) is 0 Å². The molecule has 0 bridgehead atoms. The van der Waals surface area contributed by atoms with Gasteiger partial charge in [0.05, 0.1) is 11.1 Å². The van der Waals surface area contributed by atoms with Crippen LogP contribution in [-0.4, -0.2) is 11.7 Å². The number of aliphatic hydroxyl groups excluding tert-OH is 1. The maximum absolute atomic E-state index is 10.9. The third-order valence-corrected chi connectivity index (χ3v) is 6.45. The molecular formula is C17H25BrClNO. The Kier molecular flexibility index (Phi) is 5.75. The van der Waals surface area contributed by atoms with Crippen LogP contribution in [0.1, 0.15) is 51.2 Å². The van der Waals surface area contributed by atoms with Gasteiger partial charge in [-0.2, -0.15) is 0 Å². The van der Waals surface area contributed by atoms with Crippen molar-refractivity contribution in [2.75, 3.05) is 6.54 Å². The normalized spacial score (nSPS) is 27.9. The zero-order chi connectivity index (χ0) is 15.6. The fraction of sp³-hybridized carbons (Fsp3) is 0.647. The Hall–Kier alpha value is -0.0900. The Morgan fingerprint density at radius 2 is 2.00 bits per heavy atom. The summed E-state index contributed by atoms with van der Waals surface area (Å²) in [6, 6.07) is 5.68. The highest BCUT2D eigenvalue weighted by molar-refractivity contribution is 9.10. The minimum absolute atomic E-state index is 0.206. The summed E-state index contributed by atoms with van der Waals surface area (Å²) in [5, 5.41) is 11.5. The lowest BCUT2D eigenvalue weighted by Crippen LogP contribution is -2.40. The first-order valence-electron chi connectivity index (χ1n) is 7.72. The van der Waals surface area contributed by atoms with Gasteiger partial charge in [0.2, 0.25) is 0 Å². The molecule has 4 heteroatoms. The monoisotopic (exact) mass is 373 g/mol. The predicted octanol–water partition coefficient (Wildman–Crippen LogP) is 4.93. The summed E-state index contributed by atoms with van der Waals surface area (Å²) in [5.41, 5.74) is 6.73. The third kappa shape index (κ3) is 3.64. The summed E-state index contributed by atoms with van der Waals surface area (Å²) in [7, 11) is 0. The smallest absolute Gasteiger partial charge is 0.0858 e. The van der Waals surface area contributed by atoms with Crippen LogP contribution in [0.15, 0.2) is 22.7 Å². The predicted molar refractivity (Wildman–Crippen MR) is 92.4 cm³/mol. The number of rotatable bonds is 4. The van der Waals surface area contributed by atoms with E-state index in [0.717, 1.165) is 41.6 Å². The fourth-order valence-corrected chi connectivity index (χ4v) is 3.94. The Bertz CT molecular complexity index is 484. The van der Waals surface area contributed by atoms with Crippen LogP contribution < -0.4 is 5.73 Å². The zero-order valence-corrected chi connectivity index (χ0v) is 15.1. The topological polar surface area (TPSA) is 46.2 Å². The van der Waals surface area contributed by atoms with Crippen molar-refractivity contribution < 1.29 is 5.11 Å². The summed E-state index contributed by atoms with van der Waals surface area (Å²) < 4.78 is 0.852. The average molecular weight is 375 g/mol. The second-order valence-electron chi connectivity index (χ2n) is 6.72. The Morgan fingerprint density at radius 1 is 1.38 bits per heavy atom. The molecule has 0 aliphatic heterocycles. The maximum Gasteiger partial charge on any atom is 0.0858 e. The van der Waals surface area contributed by atoms with Gasteiger partial charge in [0.25, 0.3) is 0 Å². The molecule has 2 nitrogen and oxygen atoms in total. The molecule has 3 N–H and O–H groups in total. The van der Waals surface area contributed by atoms with E-state index in [0.29, 0.717) is 17.5 Å². The van der Waals surface area contributed by atoms with Crippen LogP contribution in [0.3, 0.4) is 0 Å². The molecule has 0 radical (unpaired) electrons. The molecule has 1 atom stereocenters. The van der Waals surface area contributed by atoms with E-state index in [-0.39, 0.29) is 5.41 Å². The molecule has 21 heavy (non-hydrogen) atoms. The summed E-state index contributed by atoms with van der Waals surface area (Å²) >= 11 is 9.55. The van der Waals surface area contributed by atoms with Gasteiger partial charge in [-0.3, -0.25) is 0 Å². The van der Waals surface area contributed by atoms with Crippen LogP contribution >= 0.6 is 27.5 Å². The second kappa shape index (κ2) is 6.99. The molecular weight excluding hydrogens is 350 g/mol. The molecule has 1 aliphatic rings. The number of hydrogen-bond acceptors (Lipinski definition) is 2. The molecule has 0 amide bonds. The van der Waals surface area contributed by atoms with Gasteiger partial charge >= 0.3 is 0 Å². The van der Waals surface area contributed by atoms with E-state index >= 15 is 0 Å². The van der Waals surface area contributed by atoms with Gasteiger partial charge in [-0.1, -0.05) is 31.5 Å². The van der Waals surface area contributed by atoms with Gasteiger partial charge < -0.3 is 10.8 Å². The average Bonchev–Trinajstić information content (AvgIpc) is 2.49. The minimum atomic E-state index is -0.541. The number of aliphatic hydroxyl groups is 1. The van der Waals surface area contributed by atoms with E-state index in [1.165, 1.54) is 0 Å². The van der Waals surface area contributed by atoms with E-state index in [4.69, 9.17) is 17.3 Å². The van der Waals surface area contributed by atoms with E-state index in [1.807, 2.05) is 18.2 Å². The minimum Gasteiger partial charge on any atom is -0.388 e. The van der Waals surface area contributed by atoms with Crippen LogP contribution in [0, 0.1) is 17.3 Å². The Balaban J connectivity index is 2.18. The highest BCUT2D eigenvalue weighted by Gasteiger charge is 2.41. The van der Waals surface area contributed by atoms with Crippen molar-refractivity contribution >= 4 is 27.5 Å². The number of halogens is 2. The van der Waals surface area contributed by atoms with Crippen molar-refractivity contribution in [3.05, 3.63) is 33.3 Å². The molecule has 118 valence electrons. The lowest BCUT2D eigenvalue weighted by atomic mass is 9.64. The first-order valence-corrected chi connectivity index (χ1v) is 8.90. The summed E-state index contributed by atoms with van der Waals surface area (Å²) in [6.07, 6.45) is 3.73. The highest BCUT2D eigenvalue weighted by atomic mass is 79.9. The molecule has 1 unspecified atom stereocenters. The van der Waals surface area contributed by atoms with Crippen LogP contribution in [0.2, 0.25) is 5.02 Å². The lowest BCUT2D eigenvalue weighted by Gasteiger charge is -2.44. The quantitative estimate of drug-likeness (QED) is 0.785. The number of benzene rings is 1. The molecule has 0 aromatic heterocycles. The first-order chi connectivity index (χ1) is 9.89. The summed E-state index contributed by atoms with van der Waals surface area (Å²) in [5.74, 6) is 1.46. The Labute approximate surface area is 141 Å². The van der Waals surface area contributed by atoms with Crippen LogP contribution in [0.25, 0.3) is 0 Å². The molecule has 1 aromatic rings. The second-order valence-corrected chi connectivity index (χ2v) is 7.99. The Morgan fingerprint density at radius 3 is 2.48 bits per heavy atom. The van der Waals surface area contributed by atoms with Crippen molar-refractivity contribution in [2.24, 2.45) is 23.0 Å². The van der Waals surface area contributed by atoms with Crippen molar-refractivity contribution in [1.29, 1.82) is 0 Å². The summed E-state index contributed by atoms with van der Waals surface area (Å²) in [6.45, 7) is 5.09. The van der Waals surface area contributed by atoms with E-state index in [1.54, 1.807) is 0 Å². The molecule has 1 fully saturated rings. The fourth-order valence-electron chi connectivity index (χ4n) is 3.51. The van der Waals surface area contributed by atoms with Crippen molar-refractivity contribution in [3.63, 3.8) is 0 Å². The number of hydrogen-bond donors (Lipinski definition) is 2. The van der Waals surface area contributed by atoms with Gasteiger partial charge in [0, 0.05) is 16.4 Å². The first kappa shape index (κ1) is 17.3. The van der Waals surface area contributed by atoms with Gasteiger partial charge in [-0.05, 0) is 71.1 Å². The maximum atomic E-state index is 10.9. The number of nitrogens with two attached hydrogens (primary N) is 1. The molecule has 2 rings (SSSR count). The van der Waals surface area contributed by atoms with Crippen LogP contribution in [-0.2, 0) is 0 Å². The van der Waals surface area contributed by atoms with Crippen LogP contribution in [0.4, 0.5) is 0 Å². The molecule has 0 saturated heterocycles. The molecule has 0 heterocycles. The third-order valence-electron chi connectivity index (χ3n) is 5.21. The standard InChI is InChI=1S/C17H25BrClNO/c1-11(2)12-5-7-17(10-20,8-6-12)16(21)13-3-4-14(18)15(19)9-13/h3-4,9,11-12,16,21H,5-8,10,20H2,1-2H3. The largest absolute Gasteiger partial charge is 0.388 e. The lowest BCUT2D eigenvalue weighted by molar-refractivity contribution is -0.0148. The van der Waals surface area contributed by atoms with Crippen molar-refractivity contribution in [2.45, 2.75) is 45.6 Å². The van der Waals surface area contributed by atoms with Crippen LogP contribution in [0.5, 0.6) is 0 Å². The van der Waals surface area contributed by atoms with Gasteiger partial charge in [-0.15, -0.1) is 0 Å². The zero-order valence-electron chi connectivity index (χ0n) is 12.8. The van der Waals surface area contributed by atoms with Crippen molar-refractivity contribution in [3.8, 4) is 0 Å². The van der Waals surface area contributed by atoms with Gasteiger partial charge in [0.1, 0.15) is 0 Å². The molecule has 1 aliphatic carbocycles. The van der Waals surface area contributed by atoms with Gasteiger partial charge in [0.15, 0.2) is 0 Å². The highest BCUT2D eigenvalue weighted by Crippen LogP contribution is 2.48. The SMILES string of the molecule is CC(C)C1CCC(CN)(C(O)c2ccc(Br)c(Cl)c2)CC1. The molecule has 1 aromatic carbocycles. The summed E-state index contributed by atoms with van der Waals surface area (Å²) in [4.78, 5) is 0. The van der Waals surface area contributed by atoms with E-state index in [2.05, 4.69) is 29.8 Å². The van der Waals surface area contributed by atoms with Gasteiger partial charge in [-0.25, -0.2) is 0 Å².